The van der Waals surface area contributed by atoms with Gasteiger partial charge in [-0.05, 0) is 48.2 Å². The molecule has 2 rings (SSSR count). The lowest BCUT2D eigenvalue weighted by Crippen LogP contribution is -2.29. The Balaban J connectivity index is 1.71. The fourth-order valence-electron chi connectivity index (χ4n) is 2.54. The average Bonchev–Trinajstić information content (AvgIpc) is 3.24. The van der Waals surface area contributed by atoms with Crippen LogP contribution in [0.15, 0.2) is 47.1 Å². The number of methoxy groups -OCH3 is 1. The first-order chi connectivity index (χ1) is 14.5. The molecule has 0 fully saturated rings. The summed E-state index contributed by atoms with van der Waals surface area (Å²) in [6, 6.07) is 9.09. The zero-order valence-corrected chi connectivity index (χ0v) is 17.8. The van der Waals surface area contributed by atoms with E-state index in [1.165, 1.54) is 12.3 Å². The molecule has 7 heteroatoms. The molecule has 0 spiro atoms. The van der Waals surface area contributed by atoms with Gasteiger partial charge in [0.2, 0.25) is 11.8 Å². The number of amides is 2. The fraction of sp³-hybridized carbons (Fsp3) is 0.391. The van der Waals surface area contributed by atoms with E-state index in [-0.39, 0.29) is 24.8 Å². The van der Waals surface area contributed by atoms with Crippen LogP contribution in [0.3, 0.4) is 0 Å². The van der Waals surface area contributed by atoms with Crippen LogP contribution in [0.2, 0.25) is 0 Å². The van der Waals surface area contributed by atoms with Crippen LogP contribution in [0.25, 0.3) is 6.08 Å². The van der Waals surface area contributed by atoms with Gasteiger partial charge in [-0.3, -0.25) is 9.59 Å². The molecule has 0 aliphatic heterocycles. The van der Waals surface area contributed by atoms with Crippen LogP contribution in [0.5, 0.6) is 11.5 Å². The van der Waals surface area contributed by atoms with Gasteiger partial charge in [0.05, 0.1) is 20.0 Å². The number of carbonyl (C=O) groups excluding carboxylic acids is 2. The normalized spacial score (nSPS) is 10.9. The van der Waals surface area contributed by atoms with Crippen molar-refractivity contribution in [3.05, 3.63) is 54.0 Å². The Kier molecular flexibility index (Phi) is 9.51. The van der Waals surface area contributed by atoms with Crippen LogP contribution in [-0.4, -0.2) is 32.1 Å². The Labute approximate surface area is 177 Å². The SMILES string of the molecule is COc1cc(CNC(=O)CCNC(=O)/C=C/c2ccco2)ccc1OCCC(C)C. The largest absolute Gasteiger partial charge is 0.493 e. The maximum Gasteiger partial charge on any atom is 0.244 e. The molecule has 7 nitrogen and oxygen atoms in total. The first-order valence-corrected chi connectivity index (χ1v) is 10.0. The van der Waals surface area contributed by atoms with Gasteiger partial charge in [0.1, 0.15) is 5.76 Å². The molecular weight excluding hydrogens is 384 g/mol. The molecule has 2 aromatic rings. The molecule has 1 aromatic heterocycles. The van der Waals surface area contributed by atoms with Crippen LogP contribution < -0.4 is 20.1 Å². The lowest BCUT2D eigenvalue weighted by atomic mass is 10.1. The Bertz CT molecular complexity index is 828. The Morgan fingerprint density at radius 3 is 2.70 bits per heavy atom. The minimum Gasteiger partial charge on any atom is -0.493 e. The molecule has 0 unspecified atom stereocenters. The molecule has 1 aromatic carbocycles. The van der Waals surface area contributed by atoms with Crippen molar-refractivity contribution in [1.29, 1.82) is 0 Å². The van der Waals surface area contributed by atoms with E-state index in [4.69, 9.17) is 13.9 Å². The van der Waals surface area contributed by atoms with Crippen LogP contribution in [0, 0.1) is 5.92 Å². The van der Waals surface area contributed by atoms with E-state index in [0.717, 1.165) is 12.0 Å². The van der Waals surface area contributed by atoms with Crippen molar-refractivity contribution >= 4 is 17.9 Å². The summed E-state index contributed by atoms with van der Waals surface area (Å²) >= 11 is 0. The maximum absolute atomic E-state index is 12.0. The average molecular weight is 415 g/mol. The van der Waals surface area contributed by atoms with Gasteiger partial charge in [0.15, 0.2) is 11.5 Å². The van der Waals surface area contributed by atoms with Gasteiger partial charge < -0.3 is 24.5 Å². The monoisotopic (exact) mass is 414 g/mol. The standard InChI is InChI=1S/C23H30N2O5/c1-17(2)11-14-30-20-8-6-18(15-21(20)28-3)16-25-23(27)10-12-24-22(26)9-7-19-5-4-13-29-19/h4-9,13,15,17H,10-12,14,16H2,1-3H3,(H,24,26)(H,25,27)/b9-7+. The van der Waals surface area contributed by atoms with Crippen molar-refractivity contribution in [3.63, 3.8) is 0 Å². The van der Waals surface area contributed by atoms with Gasteiger partial charge in [0, 0.05) is 25.6 Å². The summed E-state index contributed by atoms with van der Waals surface area (Å²) in [5.41, 5.74) is 0.904. The maximum atomic E-state index is 12.0. The highest BCUT2D eigenvalue weighted by molar-refractivity contribution is 5.91. The van der Waals surface area contributed by atoms with E-state index in [2.05, 4.69) is 24.5 Å². The Morgan fingerprint density at radius 2 is 2.00 bits per heavy atom. The van der Waals surface area contributed by atoms with Crippen LogP contribution in [0.4, 0.5) is 0 Å². The molecule has 1 heterocycles. The van der Waals surface area contributed by atoms with Gasteiger partial charge >= 0.3 is 0 Å². The first kappa shape index (κ1) is 23.1. The van der Waals surface area contributed by atoms with Crippen molar-refractivity contribution in [1.82, 2.24) is 10.6 Å². The van der Waals surface area contributed by atoms with Crippen molar-refractivity contribution in [2.75, 3.05) is 20.3 Å². The number of nitrogens with one attached hydrogen (secondary N) is 2. The van der Waals surface area contributed by atoms with Crippen LogP contribution in [-0.2, 0) is 16.1 Å². The number of benzene rings is 1. The topological polar surface area (TPSA) is 89.8 Å². The molecule has 0 saturated carbocycles. The summed E-state index contributed by atoms with van der Waals surface area (Å²) in [5.74, 6) is 2.06. The number of hydrogen-bond donors (Lipinski definition) is 2. The number of rotatable bonds is 12. The van der Waals surface area contributed by atoms with Crippen molar-refractivity contribution in [2.24, 2.45) is 5.92 Å². The summed E-state index contributed by atoms with van der Waals surface area (Å²) in [6.45, 7) is 5.55. The number of carbonyl (C=O) groups is 2. The highest BCUT2D eigenvalue weighted by Gasteiger charge is 2.08. The lowest BCUT2D eigenvalue weighted by Gasteiger charge is -2.13. The second kappa shape index (κ2) is 12.4. The molecule has 0 saturated heterocycles. The molecule has 0 aliphatic carbocycles. The molecule has 0 radical (unpaired) electrons. The third-order valence-corrected chi connectivity index (χ3v) is 4.26. The molecule has 2 amide bonds. The summed E-state index contributed by atoms with van der Waals surface area (Å²) in [5, 5.41) is 5.50. The lowest BCUT2D eigenvalue weighted by molar-refractivity contribution is -0.121. The summed E-state index contributed by atoms with van der Waals surface area (Å²) in [4.78, 5) is 23.7. The van der Waals surface area contributed by atoms with Crippen molar-refractivity contribution in [3.8, 4) is 11.5 Å². The molecule has 2 N–H and O–H groups in total. The second-order valence-electron chi connectivity index (χ2n) is 7.18. The van der Waals surface area contributed by atoms with Gasteiger partial charge in [-0.25, -0.2) is 0 Å². The fourth-order valence-corrected chi connectivity index (χ4v) is 2.54. The van der Waals surface area contributed by atoms with E-state index in [9.17, 15) is 9.59 Å². The molecular formula is C23H30N2O5. The summed E-state index contributed by atoms with van der Waals surface area (Å²) < 4.78 is 16.3. The minimum atomic E-state index is -0.281. The summed E-state index contributed by atoms with van der Waals surface area (Å²) in [7, 11) is 1.59. The zero-order valence-electron chi connectivity index (χ0n) is 17.8. The van der Waals surface area contributed by atoms with Gasteiger partial charge in [0.25, 0.3) is 0 Å². The minimum absolute atomic E-state index is 0.151. The van der Waals surface area contributed by atoms with Gasteiger partial charge in [-0.15, -0.1) is 0 Å². The predicted octanol–water partition coefficient (Wildman–Crippen LogP) is 3.55. The third-order valence-electron chi connectivity index (χ3n) is 4.26. The quantitative estimate of drug-likeness (QED) is 0.519. The molecule has 162 valence electrons. The van der Waals surface area contributed by atoms with Crippen molar-refractivity contribution in [2.45, 2.75) is 33.2 Å². The van der Waals surface area contributed by atoms with E-state index in [0.29, 0.717) is 36.3 Å². The highest BCUT2D eigenvalue weighted by Crippen LogP contribution is 2.28. The number of hydrogen-bond acceptors (Lipinski definition) is 5. The van der Waals surface area contributed by atoms with E-state index < -0.39 is 0 Å². The molecule has 0 bridgehead atoms. The van der Waals surface area contributed by atoms with E-state index in [1.807, 2.05) is 18.2 Å². The number of ether oxygens (including phenoxy) is 2. The second-order valence-corrected chi connectivity index (χ2v) is 7.18. The van der Waals surface area contributed by atoms with Crippen molar-refractivity contribution < 1.29 is 23.5 Å². The molecule has 0 atom stereocenters. The van der Waals surface area contributed by atoms with E-state index in [1.54, 1.807) is 25.3 Å². The number of furan rings is 1. The Morgan fingerprint density at radius 1 is 1.17 bits per heavy atom. The van der Waals surface area contributed by atoms with Crippen LogP contribution >= 0.6 is 0 Å². The molecule has 0 aliphatic rings. The Hall–Kier alpha value is -3.22. The van der Waals surface area contributed by atoms with Crippen LogP contribution in [0.1, 0.15) is 38.0 Å². The summed E-state index contributed by atoms with van der Waals surface area (Å²) in [6.07, 6.45) is 5.63. The van der Waals surface area contributed by atoms with Gasteiger partial charge in [-0.2, -0.15) is 0 Å². The first-order valence-electron chi connectivity index (χ1n) is 10.0. The van der Waals surface area contributed by atoms with E-state index >= 15 is 0 Å². The third kappa shape index (κ3) is 8.43. The smallest absolute Gasteiger partial charge is 0.244 e. The van der Waals surface area contributed by atoms with Gasteiger partial charge in [-0.1, -0.05) is 19.9 Å². The molecule has 30 heavy (non-hydrogen) atoms. The zero-order chi connectivity index (χ0) is 21.8. The predicted molar refractivity (Wildman–Crippen MR) is 115 cm³/mol. The highest BCUT2D eigenvalue weighted by atomic mass is 16.5.